The van der Waals surface area contributed by atoms with E-state index in [1.807, 2.05) is 24.3 Å². The highest BCUT2D eigenvalue weighted by molar-refractivity contribution is 7.22. The average molecular weight is 372 g/mol. The summed E-state index contributed by atoms with van der Waals surface area (Å²) in [6.07, 6.45) is 0. The predicted octanol–water partition coefficient (Wildman–Crippen LogP) is 6.57. The van der Waals surface area contributed by atoms with Crippen LogP contribution in [0.5, 0.6) is 5.75 Å². The minimum Gasteiger partial charge on any atom is -0.485 e. The molecule has 120 valence electrons. The number of thiazole rings is 1. The topological polar surface area (TPSA) is 22.1 Å². The van der Waals surface area contributed by atoms with E-state index in [4.69, 9.17) is 21.3 Å². The zero-order valence-electron chi connectivity index (χ0n) is 13.0. The molecule has 4 rings (SSSR count). The second-order valence-corrected chi connectivity index (χ2v) is 7.80. The molecule has 0 aliphatic heterocycles. The second-order valence-electron chi connectivity index (χ2n) is 5.40. The summed E-state index contributed by atoms with van der Waals surface area (Å²) < 4.78 is 7.08. The summed E-state index contributed by atoms with van der Waals surface area (Å²) in [4.78, 5) is 5.97. The quantitative estimate of drug-likeness (QED) is 0.405. The van der Waals surface area contributed by atoms with Gasteiger partial charge in [-0.05, 0) is 36.1 Å². The fourth-order valence-corrected chi connectivity index (χ4v) is 4.73. The van der Waals surface area contributed by atoms with Gasteiger partial charge in [0.25, 0.3) is 0 Å². The molecule has 24 heavy (non-hydrogen) atoms. The largest absolute Gasteiger partial charge is 0.485 e. The van der Waals surface area contributed by atoms with Crippen molar-refractivity contribution in [3.8, 4) is 16.3 Å². The Morgan fingerprint density at radius 2 is 1.88 bits per heavy atom. The first-order chi connectivity index (χ1) is 11.7. The monoisotopic (exact) mass is 371 g/mol. The van der Waals surface area contributed by atoms with Crippen molar-refractivity contribution in [2.24, 2.45) is 0 Å². The van der Waals surface area contributed by atoms with E-state index >= 15 is 0 Å². The van der Waals surface area contributed by atoms with E-state index in [1.54, 1.807) is 22.7 Å². The van der Waals surface area contributed by atoms with Crippen molar-refractivity contribution >= 4 is 44.4 Å². The van der Waals surface area contributed by atoms with Crippen LogP contribution in [-0.2, 0) is 6.61 Å². The molecule has 0 aliphatic rings. The number of aryl methyl sites for hydroxylation is 1. The fraction of sp³-hybridized carbons (Fsp3) is 0.105. The molecule has 0 unspecified atom stereocenters. The SMILES string of the molecule is Cc1c(-c2csc(COc3ccccc3Cl)n2)sc2ccccc12. The van der Waals surface area contributed by atoms with E-state index in [0.717, 1.165) is 10.7 Å². The molecule has 0 amide bonds. The van der Waals surface area contributed by atoms with Crippen LogP contribution in [0, 0.1) is 6.92 Å². The van der Waals surface area contributed by atoms with Gasteiger partial charge in [-0.1, -0.05) is 41.9 Å². The fourth-order valence-electron chi connectivity index (χ4n) is 2.60. The van der Waals surface area contributed by atoms with Gasteiger partial charge in [0.05, 0.1) is 15.6 Å². The molecule has 0 aliphatic carbocycles. The smallest absolute Gasteiger partial charge is 0.140 e. The van der Waals surface area contributed by atoms with Gasteiger partial charge in [0.2, 0.25) is 0 Å². The van der Waals surface area contributed by atoms with E-state index in [2.05, 4.69) is 36.6 Å². The third kappa shape index (κ3) is 2.93. The Bertz CT molecular complexity index is 1010. The third-order valence-corrected chi connectivity index (χ3v) is 6.25. The molecule has 0 saturated carbocycles. The number of aromatic nitrogens is 1. The van der Waals surface area contributed by atoms with Crippen molar-refractivity contribution in [3.63, 3.8) is 0 Å². The van der Waals surface area contributed by atoms with Crippen LogP contribution < -0.4 is 4.74 Å². The number of ether oxygens (including phenoxy) is 1. The zero-order chi connectivity index (χ0) is 16.5. The van der Waals surface area contributed by atoms with Crippen LogP contribution in [0.15, 0.2) is 53.9 Å². The first kappa shape index (κ1) is 15.6. The molecule has 2 heterocycles. The summed E-state index contributed by atoms with van der Waals surface area (Å²) in [5.74, 6) is 0.689. The third-order valence-electron chi connectivity index (χ3n) is 3.82. The van der Waals surface area contributed by atoms with Gasteiger partial charge >= 0.3 is 0 Å². The molecule has 0 saturated heterocycles. The highest BCUT2D eigenvalue weighted by atomic mass is 35.5. The molecule has 2 aromatic heterocycles. The van der Waals surface area contributed by atoms with Gasteiger partial charge in [0.1, 0.15) is 17.4 Å². The number of thiophene rings is 1. The lowest BCUT2D eigenvalue weighted by Gasteiger charge is -2.05. The maximum atomic E-state index is 6.12. The number of nitrogens with zero attached hydrogens (tertiary/aromatic N) is 1. The normalized spacial score (nSPS) is 11.1. The van der Waals surface area contributed by atoms with Crippen molar-refractivity contribution < 1.29 is 4.74 Å². The second kappa shape index (κ2) is 6.55. The summed E-state index contributed by atoms with van der Waals surface area (Å²) in [6.45, 7) is 2.59. The summed E-state index contributed by atoms with van der Waals surface area (Å²) in [6, 6.07) is 16.0. The lowest BCUT2D eigenvalue weighted by atomic mass is 10.1. The van der Waals surface area contributed by atoms with E-state index < -0.39 is 0 Å². The maximum Gasteiger partial charge on any atom is 0.140 e. The Morgan fingerprint density at radius 3 is 2.71 bits per heavy atom. The minimum atomic E-state index is 0.429. The zero-order valence-corrected chi connectivity index (χ0v) is 15.3. The molecular weight excluding hydrogens is 358 g/mol. The molecule has 0 N–H and O–H groups in total. The number of para-hydroxylation sites is 1. The van der Waals surface area contributed by atoms with E-state index in [0.29, 0.717) is 17.4 Å². The predicted molar refractivity (Wildman–Crippen MR) is 103 cm³/mol. The van der Waals surface area contributed by atoms with Gasteiger partial charge < -0.3 is 4.74 Å². The van der Waals surface area contributed by atoms with Crippen molar-refractivity contribution in [3.05, 3.63) is 69.5 Å². The molecule has 0 fully saturated rings. The number of fused-ring (bicyclic) bond motifs is 1. The van der Waals surface area contributed by atoms with Crippen LogP contribution >= 0.6 is 34.3 Å². The Morgan fingerprint density at radius 1 is 1.08 bits per heavy atom. The van der Waals surface area contributed by atoms with Crippen molar-refractivity contribution in [1.82, 2.24) is 4.98 Å². The van der Waals surface area contributed by atoms with Crippen molar-refractivity contribution in [1.29, 1.82) is 0 Å². The Kier molecular flexibility index (Phi) is 4.27. The minimum absolute atomic E-state index is 0.429. The number of rotatable bonds is 4. The van der Waals surface area contributed by atoms with E-state index in [-0.39, 0.29) is 0 Å². The van der Waals surface area contributed by atoms with Gasteiger partial charge in [0, 0.05) is 10.1 Å². The first-order valence-corrected chi connectivity index (χ1v) is 9.60. The van der Waals surface area contributed by atoms with Gasteiger partial charge in [-0.3, -0.25) is 0 Å². The van der Waals surface area contributed by atoms with Gasteiger partial charge in [-0.2, -0.15) is 0 Å². The van der Waals surface area contributed by atoms with E-state index in [1.165, 1.54) is 20.5 Å². The van der Waals surface area contributed by atoms with Crippen LogP contribution in [0.1, 0.15) is 10.6 Å². The molecule has 0 spiro atoms. The van der Waals surface area contributed by atoms with Gasteiger partial charge in [-0.15, -0.1) is 22.7 Å². The van der Waals surface area contributed by atoms with Crippen LogP contribution in [0.4, 0.5) is 0 Å². The van der Waals surface area contributed by atoms with Crippen LogP contribution in [0.25, 0.3) is 20.7 Å². The molecule has 0 radical (unpaired) electrons. The lowest BCUT2D eigenvalue weighted by molar-refractivity contribution is 0.306. The summed E-state index contributed by atoms with van der Waals surface area (Å²) in [5.41, 5.74) is 2.32. The van der Waals surface area contributed by atoms with Crippen LogP contribution in [0.2, 0.25) is 5.02 Å². The highest BCUT2D eigenvalue weighted by Gasteiger charge is 2.13. The van der Waals surface area contributed by atoms with Crippen LogP contribution in [-0.4, -0.2) is 4.98 Å². The Labute approximate surface area is 153 Å². The Balaban J connectivity index is 1.58. The number of hydrogen-bond donors (Lipinski definition) is 0. The molecule has 2 nitrogen and oxygen atoms in total. The molecule has 5 heteroatoms. The van der Waals surface area contributed by atoms with Crippen LogP contribution in [0.3, 0.4) is 0 Å². The van der Waals surface area contributed by atoms with Gasteiger partial charge in [-0.25, -0.2) is 4.98 Å². The maximum absolute atomic E-state index is 6.12. The molecule has 4 aromatic rings. The molecular formula is C19H14ClNOS2. The number of hydrogen-bond acceptors (Lipinski definition) is 4. The Hall–Kier alpha value is -1.88. The molecule has 2 aromatic carbocycles. The summed E-state index contributed by atoms with van der Waals surface area (Å²) in [7, 11) is 0. The molecule has 0 atom stereocenters. The highest BCUT2D eigenvalue weighted by Crippen LogP contribution is 2.38. The standard InChI is InChI=1S/C19H14ClNOS2/c1-12-13-6-2-5-9-17(13)24-19(12)15-11-23-18(21-15)10-22-16-8-4-3-7-14(16)20/h2-9,11H,10H2,1H3. The lowest BCUT2D eigenvalue weighted by Crippen LogP contribution is -1.95. The van der Waals surface area contributed by atoms with Crippen molar-refractivity contribution in [2.75, 3.05) is 0 Å². The van der Waals surface area contributed by atoms with Crippen molar-refractivity contribution in [2.45, 2.75) is 13.5 Å². The van der Waals surface area contributed by atoms with E-state index in [9.17, 15) is 0 Å². The summed E-state index contributed by atoms with van der Waals surface area (Å²) in [5, 5.41) is 4.97. The first-order valence-electron chi connectivity index (χ1n) is 7.52. The number of benzene rings is 2. The summed E-state index contributed by atoms with van der Waals surface area (Å²) >= 11 is 9.52. The average Bonchev–Trinajstić information content (AvgIpc) is 3.19. The number of halogens is 1. The molecule has 0 bridgehead atoms. The van der Waals surface area contributed by atoms with Gasteiger partial charge in [0.15, 0.2) is 0 Å².